The van der Waals surface area contributed by atoms with Gasteiger partial charge in [0.15, 0.2) is 0 Å². The Labute approximate surface area is 143 Å². The fourth-order valence-corrected chi connectivity index (χ4v) is 3.14. The SMILES string of the molecule is CNC(=O)c1cc(S(=O)(=O)Nc2cccc([N+](=O)[O-])c2)ccc1OC. The average molecular weight is 365 g/mol. The predicted molar refractivity (Wildman–Crippen MR) is 90.3 cm³/mol. The molecule has 10 heteroatoms. The lowest BCUT2D eigenvalue weighted by atomic mass is 10.2. The van der Waals surface area contributed by atoms with E-state index >= 15 is 0 Å². The summed E-state index contributed by atoms with van der Waals surface area (Å²) in [4.78, 5) is 21.8. The smallest absolute Gasteiger partial charge is 0.271 e. The van der Waals surface area contributed by atoms with Crippen LogP contribution in [0.5, 0.6) is 5.75 Å². The summed E-state index contributed by atoms with van der Waals surface area (Å²) in [5.74, 6) is -0.294. The molecule has 0 aromatic heterocycles. The molecule has 0 aliphatic heterocycles. The van der Waals surface area contributed by atoms with E-state index in [0.29, 0.717) is 0 Å². The van der Waals surface area contributed by atoms with E-state index in [0.717, 1.165) is 12.1 Å². The second-order valence-corrected chi connectivity index (χ2v) is 6.54. The van der Waals surface area contributed by atoms with E-state index < -0.39 is 20.9 Å². The summed E-state index contributed by atoms with van der Waals surface area (Å²) in [6, 6.07) is 8.87. The standard InChI is InChI=1S/C15H15N3O6S/c1-16-15(19)13-9-12(6-7-14(13)24-2)25(22,23)17-10-4-3-5-11(8-10)18(20)21/h3-9,17H,1-2H3,(H,16,19). The molecule has 1 amide bonds. The highest BCUT2D eigenvalue weighted by Gasteiger charge is 2.20. The maximum atomic E-state index is 12.5. The largest absolute Gasteiger partial charge is 0.496 e. The van der Waals surface area contributed by atoms with Crippen LogP contribution in [0.1, 0.15) is 10.4 Å². The van der Waals surface area contributed by atoms with E-state index in [1.807, 2.05) is 0 Å². The van der Waals surface area contributed by atoms with Gasteiger partial charge in [0.2, 0.25) is 0 Å². The van der Waals surface area contributed by atoms with Gasteiger partial charge in [0.1, 0.15) is 5.75 Å². The van der Waals surface area contributed by atoms with Gasteiger partial charge in [-0.1, -0.05) is 6.07 Å². The first kappa shape index (κ1) is 18.2. The first-order chi connectivity index (χ1) is 11.8. The summed E-state index contributed by atoms with van der Waals surface area (Å²) in [6.07, 6.45) is 0. The van der Waals surface area contributed by atoms with Crippen molar-refractivity contribution in [1.82, 2.24) is 5.32 Å². The van der Waals surface area contributed by atoms with Gasteiger partial charge in [-0.05, 0) is 24.3 Å². The predicted octanol–water partition coefficient (Wildman–Crippen LogP) is 1.76. The number of methoxy groups -OCH3 is 1. The number of hydrogen-bond acceptors (Lipinski definition) is 6. The van der Waals surface area contributed by atoms with Crippen LogP contribution in [0.4, 0.5) is 11.4 Å². The summed E-state index contributed by atoms with van der Waals surface area (Å²) >= 11 is 0. The molecule has 0 aliphatic rings. The molecule has 9 nitrogen and oxygen atoms in total. The number of nitrogens with zero attached hydrogens (tertiary/aromatic N) is 1. The van der Waals surface area contributed by atoms with Crippen molar-refractivity contribution in [3.8, 4) is 5.75 Å². The number of non-ortho nitro benzene ring substituents is 1. The maximum absolute atomic E-state index is 12.5. The number of anilines is 1. The summed E-state index contributed by atoms with van der Waals surface area (Å²) < 4.78 is 32.3. The van der Waals surface area contributed by atoms with Crippen LogP contribution in [-0.4, -0.2) is 33.4 Å². The highest BCUT2D eigenvalue weighted by molar-refractivity contribution is 7.92. The second-order valence-electron chi connectivity index (χ2n) is 4.85. The van der Waals surface area contributed by atoms with Crippen molar-refractivity contribution >= 4 is 27.3 Å². The zero-order valence-corrected chi connectivity index (χ0v) is 14.2. The van der Waals surface area contributed by atoms with Gasteiger partial charge < -0.3 is 10.1 Å². The zero-order chi connectivity index (χ0) is 18.6. The highest BCUT2D eigenvalue weighted by atomic mass is 32.2. The van der Waals surface area contributed by atoms with Crippen LogP contribution in [-0.2, 0) is 10.0 Å². The van der Waals surface area contributed by atoms with Crippen molar-refractivity contribution in [3.63, 3.8) is 0 Å². The third-order valence-electron chi connectivity index (χ3n) is 3.26. The van der Waals surface area contributed by atoms with Gasteiger partial charge in [-0.25, -0.2) is 8.42 Å². The number of nitrogens with one attached hydrogen (secondary N) is 2. The van der Waals surface area contributed by atoms with Crippen LogP contribution in [0.15, 0.2) is 47.4 Å². The lowest BCUT2D eigenvalue weighted by Gasteiger charge is -2.11. The number of nitro groups is 1. The topological polar surface area (TPSA) is 128 Å². The van der Waals surface area contributed by atoms with Gasteiger partial charge >= 0.3 is 0 Å². The molecular formula is C15H15N3O6S. The number of amides is 1. The molecule has 0 atom stereocenters. The quantitative estimate of drug-likeness (QED) is 0.593. The van der Waals surface area contributed by atoms with Crippen molar-refractivity contribution in [2.45, 2.75) is 4.90 Å². The number of nitro benzene ring substituents is 1. The first-order valence-corrected chi connectivity index (χ1v) is 8.44. The fourth-order valence-electron chi connectivity index (χ4n) is 2.06. The summed E-state index contributed by atoms with van der Waals surface area (Å²) in [5, 5.41) is 13.2. The van der Waals surface area contributed by atoms with Gasteiger partial charge in [-0.2, -0.15) is 0 Å². The first-order valence-electron chi connectivity index (χ1n) is 6.96. The molecule has 2 aromatic rings. The number of benzene rings is 2. The number of carbonyl (C=O) groups excluding carboxylic acids is 1. The Kier molecular flexibility index (Phi) is 5.22. The number of hydrogen-bond donors (Lipinski definition) is 2. The van der Waals surface area contributed by atoms with Crippen LogP contribution in [0.3, 0.4) is 0 Å². The van der Waals surface area contributed by atoms with Gasteiger partial charge in [0, 0.05) is 19.2 Å². The Morgan fingerprint density at radius 2 is 1.92 bits per heavy atom. The summed E-state index contributed by atoms with van der Waals surface area (Å²) in [6.45, 7) is 0. The molecule has 0 heterocycles. The molecule has 25 heavy (non-hydrogen) atoms. The van der Waals surface area contributed by atoms with Crippen molar-refractivity contribution in [2.24, 2.45) is 0 Å². The van der Waals surface area contributed by atoms with E-state index in [1.165, 1.54) is 44.5 Å². The Morgan fingerprint density at radius 1 is 1.20 bits per heavy atom. The Morgan fingerprint density at radius 3 is 2.52 bits per heavy atom. The monoisotopic (exact) mass is 365 g/mol. The van der Waals surface area contributed by atoms with Crippen molar-refractivity contribution < 1.29 is 22.9 Å². The summed E-state index contributed by atoms with van der Waals surface area (Å²) in [7, 11) is -1.29. The van der Waals surface area contributed by atoms with Crippen LogP contribution >= 0.6 is 0 Å². The third-order valence-corrected chi connectivity index (χ3v) is 4.64. The molecule has 132 valence electrons. The minimum absolute atomic E-state index is 0.0338. The molecule has 0 spiro atoms. The zero-order valence-electron chi connectivity index (χ0n) is 13.3. The van der Waals surface area contributed by atoms with Gasteiger partial charge in [-0.15, -0.1) is 0 Å². The number of sulfonamides is 1. The highest BCUT2D eigenvalue weighted by Crippen LogP contribution is 2.25. The lowest BCUT2D eigenvalue weighted by molar-refractivity contribution is -0.384. The van der Waals surface area contributed by atoms with Crippen LogP contribution < -0.4 is 14.8 Å². The third kappa shape index (κ3) is 4.04. The second kappa shape index (κ2) is 7.18. The van der Waals surface area contributed by atoms with Crippen LogP contribution in [0.2, 0.25) is 0 Å². The molecule has 2 aromatic carbocycles. The van der Waals surface area contributed by atoms with Crippen LogP contribution in [0, 0.1) is 10.1 Å². The normalized spacial score (nSPS) is 10.8. The van der Waals surface area contributed by atoms with Gasteiger partial charge in [-0.3, -0.25) is 19.6 Å². The minimum Gasteiger partial charge on any atom is -0.496 e. The maximum Gasteiger partial charge on any atom is 0.271 e. The molecular weight excluding hydrogens is 350 g/mol. The summed E-state index contributed by atoms with van der Waals surface area (Å²) in [5.41, 5.74) is -0.167. The molecule has 2 rings (SSSR count). The van der Waals surface area contributed by atoms with Crippen LogP contribution in [0.25, 0.3) is 0 Å². The van der Waals surface area contributed by atoms with E-state index in [2.05, 4.69) is 10.0 Å². The van der Waals surface area contributed by atoms with E-state index in [9.17, 15) is 23.3 Å². The van der Waals surface area contributed by atoms with Crippen molar-refractivity contribution in [3.05, 3.63) is 58.1 Å². The Balaban J connectivity index is 2.41. The minimum atomic E-state index is -4.05. The van der Waals surface area contributed by atoms with Gasteiger partial charge in [0.05, 0.1) is 28.2 Å². The molecule has 0 saturated carbocycles. The number of carbonyl (C=O) groups is 1. The molecule has 0 radical (unpaired) electrons. The van der Waals surface area contributed by atoms with Crippen molar-refractivity contribution in [2.75, 3.05) is 18.9 Å². The molecule has 0 saturated heterocycles. The van der Waals surface area contributed by atoms with Gasteiger partial charge in [0.25, 0.3) is 21.6 Å². The van der Waals surface area contributed by atoms with E-state index in [1.54, 1.807) is 0 Å². The molecule has 0 unspecified atom stereocenters. The number of ether oxygens (including phenoxy) is 1. The van der Waals surface area contributed by atoms with E-state index in [4.69, 9.17) is 4.74 Å². The molecule has 0 bridgehead atoms. The average Bonchev–Trinajstić information content (AvgIpc) is 2.60. The number of rotatable bonds is 6. The lowest BCUT2D eigenvalue weighted by Crippen LogP contribution is -2.20. The van der Waals surface area contributed by atoms with Crippen molar-refractivity contribution in [1.29, 1.82) is 0 Å². The van der Waals surface area contributed by atoms with E-state index in [-0.39, 0.29) is 27.6 Å². The molecule has 0 aliphatic carbocycles. The fraction of sp³-hybridized carbons (Fsp3) is 0.133. The molecule has 0 fully saturated rings. The Bertz CT molecular complexity index is 927. The Hall–Kier alpha value is -3.14. The molecule has 2 N–H and O–H groups in total.